The molecule has 0 aromatic carbocycles. The van der Waals surface area contributed by atoms with Gasteiger partial charge in [-0.25, -0.2) is 0 Å². The number of likely N-dealkylation sites (N-methyl/N-ethyl adjacent to an activating group) is 1. The molecule has 0 saturated heterocycles. The first-order chi connectivity index (χ1) is 29.8. The van der Waals surface area contributed by atoms with E-state index in [0.717, 1.165) is 38.5 Å². The van der Waals surface area contributed by atoms with Crippen molar-refractivity contribution < 1.29 is 52.0 Å². The molecule has 1 aliphatic rings. The fraction of sp³-hybridized carbons (Fsp3) is 0.820. The molecule has 1 rings (SSSR count). The maximum absolute atomic E-state index is 12.8. The Bertz CT molecular complexity index is 1290. The lowest BCUT2D eigenvalue weighted by atomic mass is 9.90. The molecular weight excluding hydrogens is 806 g/mol. The molecule has 0 aliphatic heterocycles. The van der Waals surface area contributed by atoms with E-state index in [1.165, 1.54) is 96.3 Å². The van der Waals surface area contributed by atoms with Gasteiger partial charge in [-0.05, 0) is 44.1 Å². The molecule has 12 heteroatoms. The summed E-state index contributed by atoms with van der Waals surface area (Å²) in [6.45, 7) is 3.92. The number of carbonyl (C=O) groups is 3. The van der Waals surface area contributed by atoms with Crippen LogP contribution >= 0.6 is 7.82 Å². The second-order valence-electron chi connectivity index (χ2n) is 18.5. The highest BCUT2D eigenvalue weighted by Crippen LogP contribution is 2.38. The monoisotopic (exact) mass is 896 g/mol. The van der Waals surface area contributed by atoms with Crippen molar-refractivity contribution >= 4 is 25.5 Å². The third-order valence-corrected chi connectivity index (χ3v) is 12.4. The van der Waals surface area contributed by atoms with E-state index in [1.807, 2.05) is 45.4 Å². The van der Waals surface area contributed by atoms with Gasteiger partial charge in [-0.2, -0.15) is 0 Å². The predicted octanol–water partition coefficient (Wildman–Crippen LogP) is 11.5. The van der Waals surface area contributed by atoms with Crippen LogP contribution in [0.3, 0.4) is 0 Å². The van der Waals surface area contributed by atoms with E-state index in [0.29, 0.717) is 43.1 Å². The number of phosphoric ester groups is 1. The molecule has 0 heterocycles. The van der Waals surface area contributed by atoms with Crippen LogP contribution < -0.4 is 4.89 Å². The first kappa shape index (κ1) is 57.9. The molecule has 0 spiro atoms. The SMILES string of the molecule is CCCCCCCCCCCCCCCCCCCCCC(=O)OC[C@H](COP(=O)([O-])OCC[N+](C)(C)C)OC(=O)CCC/C=C\C[C@H]1C=CC(=O)[C@@H]1/C=C/[C@@H](O)CCCCC. The number of aliphatic hydroxyl groups excluding tert-OH is 1. The minimum Gasteiger partial charge on any atom is -0.756 e. The van der Waals surface area contributed by atoms with Gasteiger partial charge < -0.3 is 33.0 Å². The summed E-state index contributed by atoms with van der Waals surface area (Å²) in [5.41, 5.74) is 0. The van der Waals surface area contributed by atoms with Gasteiger partial charge in [0, 0.05) is 18.8 Å². The van der Waals surface area contributed by atoms with Crippen LogP contribution in [0.15, 0.2) is 36.5 Å². The number of quaternary nitrogens is 1. The van der Waals surface area contributed by atoms with Gasteiger partial charge >= 0.3 is 11.9 Å². The number of unbranched alkanes of at least 4 members (excludes halogenated alkanes) is 21. The molecule has 1 N–H and O–H groups in total. The van der Waals surface area contributed by atoms with E-state index in [1.54, 1.807) is 12.2 Å². The average Bonchev–Trinajstić information content (AvgIpc) is 3.57. The van der Waals surface area contributed by atoms with E-state index >= 15 is 0 Å². The maximum Gasteiger partial charge on any atom is 0.306 e. The van der Waals surface area contributed by atoms with Crippen molar-refractivity contribution in [2.75, 3.05) is 47.5 Å². The zero-order valence-electron chi connectivity index (χ0n) is 39.9. The molecule has 360 valence electrons. The Balaban J connectivity index is 2.38. The third kappa shape index (κ3) is 34.3. The highest BCUT2D eigenvalue weighted by atomic mass is 31.2. The Kier molecular flexibility index (Phi) is 34.7. The van der Waals surface area contributed by atoms with Gasteiger partial charge in [0.2, 0.25) is 0 Å². The number of ether oxygens (including phenoxy) is 2. The first-order valence-electron chi connectivity index (χ1n) is 24.8. The summed E-state index contributed by atoms with van der Waals surface area (Å²) in [6, 6.07) is 0. The van der Waals surface area contributed by atoms with Gasteiger partial charge in [0.1, 0.15) is 19.8 Å². The Morgan fingerprint density at radius 1 is 0.742 bits per heavy atom. The molecule has 0 aromatic heterocycles. The molecule has 0 amide bonds. The molecule has 11 nitrogen and oxygen atoms in total. The summed E-state index contributed by atoms with van der Waals surface area (Å²) in [6.07, 6.45) is 39.4. The van der Waals surface area contributed by atoms with Crippen molar-refractivity contribution in [2.45, 2.75) is 206 Å². The molecule has 0 bridgehead atoms. The number of rotatable bonds is 42. The summed E-state index contributed by atoms with van der Waals surface area (Å²) in [4.78, 5) is 50.2. The third-order valence-electron chi connectivity index (χ3n) is 11.4. The fourth-order valence-electron chi connectivity index (χ4n) is 7.41. The van der Waals surface area contributed by atoms with Crippen LogP contribution in [0.5, 0.6) is 0 Å². The molecule has 0 radical (unpaired) electrons. The van der Waals surface area contributed by atoms with Crippen LogP contribution in [-0.2, 0) is 37.5 Å². The molecule has 1 aliphatic carbocycles. The number of aliphatic hydroxyl groups is 1. The van der Waals surface area contributed by atoms with Crippen molar-refractivity contribution in [3.8, 4) is 0 Å². The second-order valence-corrected chi connectivity index (χ2v) is 19.9. The molecule has 5 atom stereocenters. The lowest BCUT2D eigenvalue weighted by Gasteiger charge is -2.28. The number of esters is 2. The standard InChI is InChI=1S/C50H90NO10P/c1-6-8-10-11-12-13-14-15-16-17-18-19-20-21-22-23-24-25-30-34-49(54)58-42-46(43-60-62(56,57)59-41-40-51(3,4)5)61-50(55)35-31-27-26-29-32-44-36-39-48(53)47(44)38-37-45(52)33-28-9-7-2/h26,29,36-39,44-47,52H,6-25,27-28,30-35,40-43H2,1-5H3/b29-26-,38-37+/t44-,45-,46+,47+/m0/s1. The molecule has 0 fully saturated rings. The minimum atomic E-state index is -4.68. The van der Waals surface area contributed by atoms with Gasteiger partial charge in [-0.15, -0.1) is 0 Å². The summed E-state index contributed by atoms with van der Waals surface area (Å²) >= 11 is 0. The Morgan fingerprint density at radius 3 is 1.84 bits per heavy atom. The van der Waals surface area contributed by atoms with Gasteiger partial charge in [0.05, 0.1) is 33.9 Å². The van der Waals surface area contributed by atoms with Gasteiger partial charge in [-0.1, -0.05) is 179 Å². The van der Waals surface area contributed by atoms with Crippen molar-refractivity contribution in [1.29, 1.82) is 0 Å². The number of carbonyl (C=O) groups excluding carboxylic acids is 3. The molecule has 0 saturated carbocycles. The zero-order chi connectivity index (χ0) is 45.7. The molecular formula is C50H90NO10P. The van der Waals surface area contributed by atoms with E-state index < -0.39 is 38.6 Å². The van der Waals surface area contributed by atoms with E-state index in [2.05, 4.69) is 13.8 Å². The van der Waals surface area contributed by atoms with Crippen molar-refractivity contribution in [3.63, 3.8) is 0 Å². The van der Waals surface area contributed by atoms with Crippen LogP contribution in [0.1, 0.15) is 194 Å². The fourth-order valence-corrected chi connectivity index (χ4v) is 8.14. The van der Waals surface area contributed by atoms with E-state index in [-0.39, 0.29) is 43.7 Å². The zero-order valence-corrected chi connectivity index (χ0v) is 40.8. The van der Waals surface area contributed by atoms with Crippen molar-refractivity contribution in [3.05, 3.63) is 36.5 Å². The largest absolute Gasteiger partial charge is 0.756 e. The Morgan fingerprint density at radius 2 is 1.27 bits per heavy atom. The first-order valence-corrected chi connectivity index (χ1v) is 26.2. The van der Waals surface area contributed by atoms with E-state index in [4.69, 9.17) is 18.5 Å². The Labute approximate surface area is 378 Å². The molecule has 62 heavy (non-hydrogen) atoms. The predicted molar refractivity (Wildman–Crippen MR) is 249 cm³/mol. The van der Waals surface area contributed by atoms with Gasteiger partial charge in [-0.3, -0.25) is 18.9 Å². The van der Waals surface area contributed by atoms with Gasteiger partial charge in [0.15, 0.2) is 11.9 Å². The smallest absolute Gasteiger partial charge is 0.306 e. The summed E-state index contributed by atoms with van der Waals surface area (Å²) in [5, 5.41) is 10.2. The van der Waals surface area contributed by atoms with Crippen molar-refractivity contribution in [2.24, 2.45) is 11.8 Å². The van der Waals surface area contributed by atoms with Crippen LogP contribution in [0.4, 0.5) is 0 Å². The maximum atomic E-state index is 12.8. The molecule has 0 aromatic rings. The summed E-state index contributed by atoms with van der Waals surface area (Å²) in [5.74, 6) is -1.21. The van der Waals surface area contributed by atoms with Crippen LogP contribution in [0.25, 0.3) is 0 Å². The second kappa shape index (κ2) is 37.1. The number of phosphoric acid groups is 1. The average molecular weight is 896 g/mol. The number of allylic oxidation sites excluding steroid dienone is 5. The van der Waals surface area contributed by atoms with Gasteiger partial charge in [0.25, 0.3) is 7.82 Å². The van der Waals surface area contributed by atoms with Crippen molar-refractivity contribution in [1.82, 2.24) is 0 Å². The molecule has 1 unspecified atom stereocenters. The van der Waals surface area contributed by atoms with Crippen LogP contribution in [0, 0.1) is 11.8 Å². The van der Waals surface area contributed by atoms with E-state index in [9.17, 15) is 28.9 Å². The number of hydrogen-bond acceptors (Lipinski definition) is 10. The van der Waals surface area contributed by atoms with Crippen LogP contribution in [0.2, 0.25) is 0 Å². The topological polar surface area (TPSA) is 148 Å². The number of hydrogen-bond donors (Lipinski definition) is 1. The highest BCUT2D eigenvalue weighted by molar-refractivity contribution is 7.45. The number of nitrogens with zero attached hydrogens (tertiary/aromatic N) is 1. The highest BCUT2D eigenvalue weighted by Gasteiger charge is 2.27. The van der Waals surface area contributed by atoms with Crippen LogP contribution in [-0.4, -0.2) is 87.0 Å². The Hall–Kier alpha value is -2.14. The summed E-state index contributed by atoms with van der Waals surface area (Å²) < 4.78 is 34.0. The normalized spacial score (nSPS) is 17.6. The minimum absolute atomic E-state index is 0.0171. The summed E-state index contributed by atoms with van der Waals surface area (Å²) in [7, 11) is 1.05. The number of ketones is 1. The lowest BCUT2D eigenvalue weighted by Crippen LogP contribution is -2.37. The lowest BCUT2D eigenvalue weighted by molar-refractivity contribution is -0.870. The quantitative estimate of drug-likeness (QED) is 0.0206.